The van der Waals surface area contributed by atoms with Crippen molar-refractivity contribution in [2.75, 3.05) is 11.5 Å². The average Bonchev–Trinajstić information content (AvgIpc) is 2.57. The first-order valence-electron chi connectivity index (χ1n) is 7.01. The number of anilines is 2. The minimum absolute atomic E-state index is 0.189. The van der Waals surface area contributed by atoms with Crippen molar-refractivity contribution >= 4 is 39.8 Å². The zero-order valence-corrected chi connectivity index (χ0v) is 13.6. The quantitative estimate of drug-likeness (QED) is 0.589. The predicted molar refractivity (Wildman–Crippen MR) is 91.8 cm³/mol. The standard InChI is InChI=1S/C16H10ClF3N4O2/c17-12-13(22)9(20)1-5-14(12)24(4-6(15(5)25)16(23)26)11-3-10(21)7(18)2-8(11)19/h1-4H,21-22H2,(H2,23,26). The van der Waals surface area contributed by atoms with E-state index < -0.39 is 50.7 Å². The molecule has 0 saturated carbocycles. The number of fused-ring (bicyclic) bond motifs is 1. The molecule has 1 heterocycles. The van der Waals surface area contributed by atoms with Gasteiger partial charge in [-0.15, -0.1) is 0 Å². The Morgan fingerprint density at radius 1 is 1.04 bits per heavy atom. The summed E-state index contributed by atoms with van der Waals surface area (Å²) in [6.45, 7) is 0. The van der Waals surface area contributed by atoms with Gasteiger partial charge in [-0.05, 0) is 12.1 Å². The molecular weight excluding hydrogens is 373 g/mol. The number of nitrogens with two attached hydrogens (primary N) is 3. The first kappa shape index (κ1) is 17.6. The van der Waals surface area contributed by atoms with Crippen LogP contribution in [0.1, 0.15) is 10.4 Å². The Morgan fingerprint density at radius 2 is 1.69 bits per heavy atom. The van der Waals surface area contributed by atoms with Crippen LogP contribution in [-0.4, -0.2) is 10.5 Å². The largest absolute Gasteiger partial charge is 0.396 e. The molecule has 0 fully saturated rings. The topological polar surface area (TPSA) is 117 Å². The van der Waals surface area contributed by atoms with Crippen LogP contribution >= 0.6 is 11.6 Å². The van der Waals surface area contributed by atoms with E-state index in [1.807, 2.05) is 0 Å². The highest BCUT2D eigenvalue weighted by Gasteiger charge is 2.21. The molecule has 10 heteroatoms. The molecule has 3 rings (SSSR count). The smallest absolute Gasteiger partial charge is 0.254 e. The highest BCUT2D eigenvalue weighted by Crippen LogP contribution is 2.33. The molecule has 26 heavy (non-hydrogen) atoms. The van der Waals surface area contributed by atoms with Gasteiger partial charge in [0.15, 0.2) is 0 Å². The van der Waals surface area contributed by atoms with E-state index in [0.717, 1.165) is 22.9 Å². The van der Waals surface area contributed by atoms with Crippen molar-refractivity contribution in [3.63, 3.8) is 0 Å². The number of aromatic nitrogens is 1. The molecule has 0 spiro atoms. The first-order valence-corrected chi connectivity index (χ1v) is 7.38. The van der Waals surface area contributed by atoms with Crippen molar-refractivity contribution in [3.05, 3.63) is 62.7 Å². The van der Waals surface area contributed by atoms with E-state index in [4.69, 9.17) is 28.8 Å². The number of nitrogens with zero attached hydrogens (tertiary/aromatic N) is 1. The van der Waals surface area contributed by atoms with Crippen LogP contribution in [0.5, 0.6) is 0 Å². The number of hydrogen-bond donors (Lipinski definition) is 3. The van der Waals surface area contributed by atoms with E-state index in [1.165, 1.54) is 0 Å². The Balaban J connectivity index is 2.59. The van der Waals surface area contributed by atoms with Crippen LogP contribution in [0.25, 0.3) is 16.6 Å². The van der Waals surface area contributed by atoms with Crippen LogP contribution in [0, 0.1) is 17.5 Å². The normalized spacial score (nSPS) is 11.1. The van der Waals surface area contributed by atoms with Crippen molar-refractivity contribution in [1.82, 2.24) is 4.57 Å². The van der Waals surface area contributed by atoms with Crippen LogP contribution in [-0.2, 0) is 0 Å². The van der Waals surface area contributed by atoms with Crippen molar-refractivity contribution in [2.24, 2.45) is 5.73 Å². The summed E-state index contributed by atoms with van der Waals surface area (Å²) in [5.74, 6) is -4.22. The zero-order chi connectivity index (χ0) is 19.3. The van der Waals surface area contributed by atoms with E-state index in [9.17, 15) is 22.8 Å². The summed E-state index contributed by atoms with van der Waals surface area (Å²) in [4.78, 5) is 24.0. The van der Waals surface area contributed by atoms with Gasteiger partial charge in [0.05, 0.1) is 33.0 Å². The number of hydrogen-bond acceptors (Lipinski definition) is 4. The Labute approximate surface area is 148 Å². The third-order valence-corrected chi connectivity index (χ3v) is 4.19. The average molecular weight is 383 g/mol. The number of primary amides is 1. The molecule has 6 N–H and O–H groups in total. The number of carbonyl (C=O) groups excluding carboxylic acids is 1. The fourth-order valence-corrected chi connectivity index (χ4v) is 2.82. The number of pyridine rings is 1. The summed E-state index contributed by atoms with van der Waals surface area (Å²) in [7, 11) is 0. The van der Waals surface area contributed by atoms with Gasteiger partial charge in [-0.2, -0.15) is 0 Å². The maximum Gasteiger partial charge on any atom is 0.254 e. The summed E-state index contributed by atoms with van der Waals surface area (Å²) >= 11 is 6.04. The molecule has 2 aromatic carbocycles. The summed E-state index contributed by atoms with van der Waals surface area (Å²) in [6.07, 6.45) is 0.909. The number of benzene rings is 2. The van der Waals surface area contributed by atoms with E-state index >= 15 is 0 Å². The highest BCUT2D eigenvalue weighted by atomic mass is 35.5. The van der Waals surface area contributed by atoms with Gasteiger partial charge in [0.2, 0.25) is 5.43 Å². The minimum atomic E-state index is -1.13. The molecule has 0 atom stereocenters. The molecule has 0 saturated heterocycles. The van der Waals surface area contributed by atoms with E-state index in [2.05, 4.69) is 0 Å². The second-order valence-corrected chi connectivity index (χ2v) is 5.79. The number of nitrogen functional groups attached to an aromatic ring is 2. The zero-order valence-electron chi connectivity index (χ0n) is 12.8. The first-order chi connectivity index (χ1) is 12.1. The lowest BCUT2D eigenvalue weighted by Gasteiger charge is -2.16. The van der Waals surface area contributed by atoms with Crippen molar-refractivity contribution < 1.29 is 18.0 Å². The summed E-state index contributed by atoms with van der Waals surface area (Å²) in [6, 6.07) is 2.20. The Bertz CT molecular complexity index is 1160. The fourth-order valence-electron chi connectivity index (χ4n) is 2.53. The number of amides is 1. The summed E-state index contributed by atoms with van der Waals surface area (Å²) in [5.41, 5.74) is 13.3. The van der Waals surface area contributed by atoms with Gasteiger partial charge in [-0.1, -0.05) is 11.6 Å². The number of rotatable bonds is 2. The molecule has 134 valence electrons. The predicted octanol–water partition coefficient (Wildman–Crippen LogP) is 2.32. The third kappa shape index (κ3) is 2.53. The lowest BCUT2D eigenvalue weighted by molar-refractivity contribution is 0.0999. The molecule has 6 nitrogen and oxygen atoms in total. The van der Waals surface area contributed by atoms with Gasteiger partial charge < -0.3 is 21.8 Å². The molecule has 0 aliphatic rings. The van der Waals surface area contributed by atoms with Crippen molar-refractivity contribution in [2.45, 2.75) is 0 Å². The molecule has 0 unspecified atom stereocenters. The van der Waals surface area contributed by atoms with Crippen molar-refractivity contribution in [3.8, 4) is 5.69 Å². The number of carbonyl (C=O) groups is 1. The fraction of sp³-hybridized carbons (Fsp3) is 0. The Hall–Kier alpha value is -3.20. The second kappa shape index (κ2) is 5.95. The molecule has 0 aliphatic carbocycles. The molecule has 0 bridgehead atoms. The van der Waals surface area contributed by atoms with E-state index in [1.54, 1.807) is 0 Å². The maximum atomic E-state index is 14.3. The second-order valence-electron chi connectivity index (χ2n) is 5.41. The van der Waals surface area contributed by atoms with Crippen LogP contribution in [0.15, 0.2) is 29.2 Å². The summed E-state index contributed by atoms with van der Waals surface area (Å²) < 4.78 is 42.7. The molecule has 1 amide bonds. The number of halogens is 4. The monoisotopic (exact) mass is 382 g/mol. The molecule has 3 aromatic rings. The Kier molecular flexibility index (Phi) is 4.03. The van der Waals surface area contributed by atoms with Gasteiger partial charge >= 0.3 is 0 Å². The van der Waals surface area contributed by atoms with Crippen LogP contribution < -0.4 is 22.6 Å². The third-order valence-electron chi connectivity index (χ3n) is 3.81. The lowest BCUT2D eigenvalue weighted by atomic mass is 10.1. The lowest BCUT2D eigenvalue weighted by Crippen LogP contribution is -2.24. The molecule has 1 aromatic heterocycles. The van der Waals surface area contributed by atoms with Gasteiger partial charge in [0.25, 0.3) is 5.91 Å². The maximum absolute atomic E-state index is 14.3. The van der Waals surface area contributed by atoms with E-state index in [-0.39, 0.29) is 16.6 Å². The molecular formula is C16H10ClF3N4O2. The van der Waals surface area contributed by atoms with Gasteiger partial charge in [0, 0.05) is 12.3 Å². The summed E-state index contributed by atoms with van der Waals surface area (Å²) in [5, 5.41) is -0.754. The Morgan fingerprint density at radius 3 is 2.31 bits per heavy atom. The minimum Gasteiger partial charge on any atom is -0.396 e. The van der Waals surface area contributed by atoms with Crippen molar-refractivity contribution in [1.29, 1.82) is 0 Å². The van der Waals surface area contributed by atoms with Crippen LogP contribution in [0.4, 0.5) is 24.5 Å². The van der Waals surface area contributed by atoms with Gasteiger partial charge in [-0.3, -0.25) is 9.59 Å². The highest BCUT2D eigenvalue weighted by molar-refractivity contribution is 6.37. The van der Waals surface area contributed by atoms with E-state index in [0.29, 0.717) is 6.07 Å². The van der Waals surface area contributed by atoms with Gasteiger partial charge in [0.1, 0.15) is 23.0 Å². The molecule has 0 aliphatic heterocycles. The van der Waals surface area contributed by atoms with Gasteiger partial charge in [-0.25, -0.2) is 13.2 Å². The van der Waals surface area contributed by atoms with Crippen LogP contribution in [0.3, 0.4) is 0 Å². The molecule has 0 radical (unpaired) electrons. The van der Waals surface area contributed by atoms with Crippen LogP contribution in [0.2, 0.25) is 5.02 Å². The SMILES string of the molecule is NC(=O)c1cn(-c2cc(N)c(F)cc2F)c2c(Cl)c(N)c(F)cc2c1=O.